The van der Waals surface area contributed by atoms with E-state index in [1.54, 1.807) is 6.92 Å². The highest BCUT2D eigenvalue weighted by atomic mass is 32.1. The van der Waals surface area contributed by atoms with Gasteiger partial charge in [0, 0.05) is 5.56 Å². The van der Waals surface area contributed by atoms with Gasteiger partial charge in [0.15, 0.2) is 0 Å². The summed E-state index contributed by atoms with van der Waals surface area (Å²) in [7, 11) is 0. The van der Waals surface area contributed by atoms with E-state index in [1.807, 2.05) is 0 Å². The van der Waals surface area contributed by atoms with Crippen LogP contribution in [0.2, 0.25) is 0 Å². The molecule has 0 bridgehead atoms. The number of nitrogens with one attached hydrogen (secondary N) is 1. The molecule has 3 N–H and O–H groups in total. The fourth-order valence-corrected chi connectivity index (χ4v) is 1.17. The number of thiocarbonyl (C=S) groups is 1. The standard InChI is InChI=1S/C10H11FN2O2S/c1-2-15-10(14)13-8-4-3-6(9(12)16)5-7(8)11/h3-5H,2H2,1H3,(H2,12,16)(H,13,14). The molecule has 0 atom stereocenters. The first kappa shape index (κ1) is 12.4. The van der Waals surface area contributed by atoms with Crippen LogP contribution in [-0.2, 0) is 4.74 Å². The number of carbonyl (C=O) groups excluding carboxylic acids is 1. The zero-order chi connectivity index (χ0) is 12.1. The number of hydrogen-bond donors (Lipinski definition) is 2. The van der Waals surface area contributed by atoms with Gasteiger partial charge in [0.1, 0.15) is 10.8 Å². The monoisotopic (exact) mass is 242 g/mol. The number of carbonyl (C=O) groups is 1. The first-order valence-electron chi connectivity index (χ1n) is 4.57. The molecular formula is C10H11FN2O2S. The summed E-state index contributed by atoms with van der Waals surface area (Å²) in [5, 5.41) is 2.26. The third kappa shape index (κ3) is 3.16. The zero-order valence-electron chi connectivity index (χ0n) is 8.62. The lowest BCUT2D eigenvalue weighted by Gasteiger charge is -2.07. The van der Waals surface area contributed by atoms with Crippen LogP contribution in [0.15, 0.2) is 18.2 Å². The number of rotatable bonds is 3. The van der Waals surface area contributed by atoms with Crippen LogP contribution in [0, 0.1) is 5.82 Å². The molecule has 16 heavy (non-hydrogen) atoms. The van der Waals surface area contributed by atoms with Gasteiger partial charge in [-0.25, -0.2) is 9.18 Å². The molecule has 1 aromatic carbocycles. The van der Waals surface area contributed by atoms with E-state index in [2.05, 4.69) is 10.1 Å². The number of amides is 1. The number of ether oxygens (including phenoxy) is 1. The Hall–Kier alpha value is -1.69. The van der Waals surface area contributed by atoms with Crippen molar-refractivity contribution in [2.24, 2.45) is 5.73 Å². The van der Waals surface area contributed by atoms with Crippen LogP contribution < -0.4 is 11.1 Å². The third-order valence-corrected chi connectivity index (χ3v) is 2.00. The maximum Gasteiger partial charge on any atom is 0.411 e. The Balaban J connectivity index is 2.83. The second-order valence-corrected chi connectivity index (χ2v) is 3.34. The maximum absolute atomic E-state index is 13.4. The number of benzene rings is 1. The minimum atomic E-state index is -0.704. The van der Waals surface area contributed by atoms with E-state index < -0.39 is 11.9 Å². The fraction of sp³-hybridized carbons (Fsp3) is 0.200. The third-order valence-electron chi connectivity index (χ3n) is 1.77. The van der Waals surface area contributed by atoms with Crippen molar-refractivity contribution in [3.63, 3.8) is 0 Å². The molecule has 0 aliphatic carbocycles. The van der Waals surface area contributed by atoms with Crippen molar-refractivity contribution >= 4 is 29.0 Å². The lowest BCUT2D eigenvalue weighted by atomic mass is 10.2. The summed E-state index contributed by atoms with van der Waals surface area (Å²) in [6, 6.07) is 4.05. The summed E-state index contributed by atoms with van der Waals surface area (Å²) < 4.78 is 18.0. The molecule has 1 aromatic rings. The predicted molar refractivity (Wildman–Crippen MR) is 62.9 cm³/mol. The highest BCUT2D eigenvalue weighted by Gasteiger charge is 2.08. The van der Waals surface area contributed by atoms with Crippen molar-refractivity contribution in [2.45, 2.75) is 6.92 Å². The van der Waals surface area contributed by atoms with E-state index in [-0.39, 0.29) is 17.3 Å². The van der Waals surface area contributed by atoms with E-state index in [1.165, 1.54) is 12.1 Å². The number of halogens is 1. The van der Waals surface area contributed by atoms with E-state index in [9.17, 15) is 9.18 Å². The van der Waals surface area contributed by atoms with Crippen LogP contribution in [0.1, 0.15) is 12.5 Å². The van der Waals surface area contributed by atoms with Gasteiger partial charge in [-0.1, -0.05) is 12.2 Å². The molecule has 0 aromatic heterocycles. The van der Waals surface area contributed by atoms with Crippen molar-refractivity contribution in [3.8, 4) is 0 Å². The fourth-order valence-electron chi connectivity index (χ4n) is 1.05. The van der Waals surface area contributed by atoms with Crippen molar-refractivity contribution in [1.29, 1.82) is 0 Å². The molecule has 0 fully saturated rings. The normalized spacial score (nSPS) is 9.62. The molecule has 0 aliphatic heterocycles. The molecular weight excluding hydrogens is 231 g/mol. The van der Waals surface area contributed by atoms with Crippen LogP contribution >= 0.6 is 12.2 Å². The number of nitrogens with two attached hydrogens (primary N) is 1. The molecule has 1 amide bonds. The molecule has 86 valence electrons. The summed E-state index contributed by atoms with van der Waals surface area (Å²) in [5.74, 6) is -0.613. The molecule has 0 unspecified atom stereocenters. The van der Waals surface area contributed by atoms with Crippen molar-refractivity contribution in [1.82, 2.24) is 0 Å². The van der Waals surface area contributed by atoms with E-state index >= 15 is 0 Å². The lowest BCUT2D eigenvalue weighted by Crippen LogP contribution is -2.15. The molecule has 0 spiro atoms. The van der Waals surface area contributed by atoms with Crippen LogP contribution in [-0.4, -0.2) is 17.7 Å². The summed E-state index contributed by atoms with van der Waals surface area (Å²) in [6.07, 6.45) is -0.704. The first-order chi connectivity index (χ1) is 7.54. The Morgan fingerprint density at radius 2 is 2.31 bits per heavy atom. The van der Waals surface area contributed by atoms with E-state index in [4.69, 9.17) is 18.0 Å². The van der Waals surface area contributed by atoms with Gasteiger partial charge in [0.25, 0.3) is 0 Å². The molecule has 0 saturated heterocycles. The molecule has 0 radical (unpaired) electrons. The summed E-state index contributed by atoms with van der Waals surface area (Å²) in [6.45, 7) is 1.88. The van der Waals surface area contributed by atoms with Gasteiger partial charge >= 0.3 is 6.09 Å². The Kier molecular flexibility index (Phi) is 4.19. The van der Waals surface area contributed by atoms with Crippen LogP contribution in [0.25, 0.3) is 0 Å². The van der Waals surface area contributed by atoms with Crippen molar-refractivity contribution in [3.05, 3.63) is 29.6 Å². The lowest BCUT2D eigenvalue weighted by molar-refractivity contribution is 0.168. The second kappa shape index (κ2) is 5.41. The smallest absolute Gasteiger partial charge is 0.411 e. The molecule has 0 aliphatic rings. The second-order valence-electron chi connectivity index (χ2n) is 2.90. The predicted octanol–water partition coefficient (Wildman–Crippen LogP) is 2.03. The first-order valence-corrected chi connectivity index (χ1v) is 4.98. The molecule has 1 rings (SSSR count). The Bertz CT molecular complexity index is 423. The molecule has 0 saturated carbocycles. The largest absolute Gasteiger partial charge is 0.450 e. The average Bonchev–Trinajstić information content (AvgIpc) is 2.21. The van der Waals surface area contributed by atoms with Gasteiger partial charge in [-0.3, -0.25) is 5.32 Å². The van der Waals surface area contributed by atoms with Gasteiger partial charge in [0.05, 0.1) is 12.3 Å². The van der Waals surface area contributed by atoms with Crippen LogP contribution in [0.3, 0.4) is 0 Å². The number of hydrogen-bond acceptors (Lipinski definition) is 3. The average molecular weight is 242 g/mol. The summed E-state index contributed by atoms with van der Waals surface area (Å²) in [5.41, 5.74) is 5.77. The quantitative estimate of drug-likeness (QED) is 0.796. The van der Waals surface area contributed by atoms with Crippen LogP contribution in [0.5, 0.6) is 0 Å². The minimum Gasteiger partial charge on any atom is -0.450 e. The van der Waals surface area contributed by atoms with Gasteiger partial charge in [-0.2, -0.15) is 0 Å². The highest BCUT2D eigenvalue weighted by Crippen LogP contribution is 2.15. The summed E-state index contributed by atoms with van der Waals surface area (Å²) >= 11 is 4.69. The van der Waals surface area contributed by atoms with Gasteiger partial charge in [-0.05, 0) is 25.1 Å². The SMILES string of the molecule is CCOC(=O)Nc1ccc(C(N)=S)cc1F. The molecule has 4 nitrogen and oxygen atoms in total. The Morgan fingerprint density at radius 3 is 2.81 bits per heavy atom. The molecule has 6 heteroatoms. The summed E-state index contributed by atoms with van der Waals surface area (Å²) in [4.78, 5) is 11.1. The highest BCUT2D eigenvalue weighted by molar-refractivity contribution is 7.80. The van der Waals surface area contributed by atoms with E-state index in [0.717, 1.165) is 6.07 Å². The van der Waals surface area contributed by atoms with Crippen LogP contribution in [0.4, 0.5) is 14.9 Å². The van der Waals surface area contributed by atoms with Crippen molar-refractivity contribution in [2.75, 3.05) is 11.9 Å². The Labute approximate surface area is 97.6 Å². The molecule has 0 heterocycles. The van der Waals surface area contributed by atoms with Crippen molar-refractivity contribution < 1.29 is 13.9 Å². The van der Waals surface area contributed by atoms with Gasteiger partial charge in [-0.15, -0.1) is 0 Å². The van der Waals surface area contributed by atoms with E-state index in [0.29, 0.717) is 5.56 Å². The van der Waals surface area contributed by atoms with Gasteiger partial charge < -0.3 is 10.5 Å². The number of anilines is 1. The topological polar surface area (TPSA) is 64.3 Å². The maximum atomic E-state index is 13.4. The zero-order valence-corrected chi connectivity index (χ0v) is 9.44. The van der Waals surface area contributed by atoms with Gasteiger partial charge in [0.2, 0.25) is 0 Å². The minimum absolute atomic E-state index is 0.0263. The Morgan fingerprint density at radius 1 is 1.62 bits per heavy atom.